The van der Waals surface area contributed by atoms with Crippen LogP contribution < -0.4 is 5.32 Å². The minimum absolute atomic E-state index is 0.0976. The minimum atomic E-state index is -1.15. The molecule has 0 aromatic rings. The summed E-state index contributed by atoms with van der Waals surface area (Å²) in [6.07, 6.45) is 2.90. The van der Waals surface area contributed by atoms with Crippen molar-refractivity contribution in [3.8, 4) is 0 Å². The van der Waals surface area contributed by atoms with Gasteiger partial charge in [-0.1, -0.05) is 6.42 Å². The van der Waals surface area contributed by atoms with Gasteiger partial charge in [0.05, 0.1) is 6.04 Å². The van der Waals surface area contributed by atoms with Gasteiger partial charge in [0.2, 0.25) is 5.91 Å². The second kappa shape index (κ2) is 5.49. The molecule has 1 atom stereocenters. The van der Waals surface area contributed by atoms with E-state index in [1.807, 2.05) is 6.92 Å². The maximum atomic E-state index is 12.3. The molecule has 0 radical (unpaired) electrons. The summed E-state index contributed by atoms with van der Waals surface area (Å²) in [5.74, 6) is -1.07. The number of hydrogen-bond donors (Lipinski definition) is 2. The first-order valence-electron chi connectivity index (χ1n) is 6.19. The van der Waals surface area contributed by atoms with Crippen LogP contribution in [-0.2, 0) is 9.59 Å². The number of aliphatic carboxylic acids is 1. The third kappa shape index (κ3) is 2.97. The van der Waals surface area contributed by atoms with Crippen LogP contribution in [0.3, 0.4) is 0 Å². The number of carboxylic acid groups (broad SMARTS) is 1. The molecule has 5 heteroatoms. The molecule has 1 fully saturated rings. The summed E-state index contributed by atoms with van der Waals surface area (Å²) in [6.45, 7) is 6.20. The lowest BCUT2D eigenvalue weighted by atomic mass is 9.98. The van der Waals surface area contributed by atoms with E-state index in [1.165, 1.54) is 4.90 Å². The summed E-state index contributed by atoms with van der Waals surface area (Å²) in [5.41, 5.74) is -1.15. The van der Waals surface area contributed by atoms with Crippen molar-refractivity contribution in [1.82, 2.24) is 10.2 Å². The average Bonchev–Trinajstić information content (AvgIpc) is 2.30. The molecule has 0 bridgehead atoms. The molecular formula is C12H22N2O3. The van der Waals surface area contributed by atoms with Crippen LogP contribution in [0.4, 0.5) is 0 Å². The fraction of sp³-hybridized carbons (Fsp3) is 0.833. The van der Waals surface area contributed by atoms with Gasteiger partial charge >= 0.3 is 5.97 Å². The van der Waals surface area contributed by atoms with E-state index in [-0.39, 0.29) is 11.9 Å². The van der Waals surface area contributed by atoms with Crippen molar-refractivity contribution in [1.29, 1.82) is 0 Å². The van der Waals surface area contributed by atoms with Gasteiger partial charge in [-0.25, -0.2) is 4.79 Å². The van der Waals surface area contributed by atoms with Crippen LogP contribution in [0.2, 0.25) is 0 Å². The molecule has 98 valence electrons. The van der Waals surface area contributed by atoms with Crippen molar-refractivity contribution in [3.05, 3.63) is 0 Å². The Balaban J connectivity index is 2.79. The molecule has 0 saturated carbocycles. The molecule has 1 heterocycles. The fourth-order valence-corrected chi connectivity index (χ4v) is 2.19. The van der Waals surface area contributed by atoms with Gasteiger partial charge in [-0.15, -0.1) is 0 Å². The number of nitrogens with one attached hydrogen (secondary N) is 1. The Kier molecular flexibility index (Phi) is 4.51. The Morgan fingerprint density at radius 3 is 2.47 bits per heavy atom. The lowest BCUT2D eigenvalue weighted by molar-refractivity contribution is -0.157. The highest BCUT2D eigenvalue weighted by Crippen LogP contribution is 2.18. The summed E-state index contributed by atoms with van der Waals surface area (Å²) in [5, 5.41) is 12.3. The van der Waals surface area contributed by atoms with Gasteiger partial charge in [0, 0.05) is 6.54 Å². The van der Waals surface area contributed by atoms with Gasteiger partial charge < -0.3 is 15.3 Å². The smallest absolute Gasteiger partial charge is 0.329 e. The molecule has 1 rings (SSSR count). The van der Waals surface area contributed by atoms with E-state index in [4.69, 9.17) is 0 Å². The maximum Gasteiger partial charge on any atom is 0.329 e. The van der Waals surface area contributed by atoms with Gasteiger partial charge in [-0.2, -0.15) is 0 Å². The van der Waals surface area contributed by atoms with E-state index in [2.05, 4.69) is 5.32 Å². The molecule has 17 heavy (non-hydrogen) atoms. The van der Waals surface area contributed by atoms with Gasteiger partial charge in [0.1, 0.15) is 5.54 Å². The number of amides is 1. The SMILES string of the molecule is CCN(C(=O)[C@@H]1CCCCN1)C(C)(C)C(=O)O. The molecule has 0 aliphatic carbocycles. The van der Waals surface area contributed by atoms with Crippen molar-refractivity contribution >= 4 is 11.9 Å². The lowest BCUT2D eigenvalue weighted by Gasteiger charge is -2.37. The van der Waals surface area contributed by atoms with Crippen LogP contribution in [0.5, 0.6) is 0 Å². The largest absolute Gasteiger partial charge is 0.480 e. The zero-order valence-corrected chi connectivity index (χ0v) is 10.8. The number of rotatable bonds is 4. The van der Waals surface area contributed by atoms with Crippen LogP contribution >= 0.6 is 0 Å². The zero-order chi connectivity index (χ0) is 13.1. The zero-order valence-electron chi connectivity index (χ0n) is 10.8. The number of nitrogens with zero attached hydrogens (tertiary/aromatic N) is 1. The number of piperidine rings is 1. The van der Waals surface area contributed by atoms with E-state index in [0.717, 1.165) is 25.8 Å². The summed E-state index contributed by atoms with van der Waals surface area (Å²) < 4.78 is 0. The van der Waals surface area contributed by atoms with Crippen LogP contribution in [0.25, 0.3) is 0 Å². The molecule has 1 saturated heterocycles. The lowest BCUT2D eigenvalue weighted by Crippen LogP contribution is -2.58. The van der Waals surface area contributed by atoms with Gasteiger partial charge in [-0.05, 0) is 40.2 Å². The quantitative estimate of drug-likeness (QED) is 0.766. The fourth-order valence-electron chi connectivity index (χ4n) is 2.19. The number of carbonyl (C=O) groups is 2. The van der Waals surface area contributed by atoms with Crippen molar-refractivity contribution in [2.24, 2.45) is 0 Å². The third-order valence-electron chi connectivity index (χ3n) is 3.39. The first kappa shape index (κ1) is 14.0. The van der Waals surface area contributed by atoms with Gasteiger partial charge in [0.15, 0.2) is 0 Å². The third-order valence-corrected chi connectivity index (χ3v) is 3.39. The van der Waals surface area contributed by atoms with Crippen LogP contribution in [0.1, 0.15) is 40.0 Å². The molecule has 0 aromatic heterocycles. The first-order chi connectivity index (χ1) is 7.91. The number of hydrogen-bond acceptors (Lipinski definition) is 3. The summed E-state index contributed by atoms with van der Waals surface area (Å²) >= 11 is 0. The molecular weight excluding hydrogens is 220 g/mol. The average molecular weight is 242 g/mol. The van der Waals surface area contributed by atoms with E-state index in [0.29, 0.717) is 6.54 Å². The van der Waals surface area contributed by atoms with Crippen molar-refractivity contribution in [2.75, 3.05) is 13.1 Å². The van der Waals surface area contributed by atoms with E-state index < -0.39 is 11.5 Å². The standard InChI is InChI=1S/C12H22N2O3/c1-4-14(12(2,3)11(16)17)10(15)9-7-5-6-8-13-9/h9,13H,4-8H2,1-3H3,(H,16,17)/t9-/m0/s1. The Morgan fingerprint density at radius 2 is 2.06 bits per heavy atom. The summed E-state index contributed by atoms with van der Waals surface area (Å²) in [4.78, 5) is 24.9. The number of likely N-dealkylation sites (N-methyl/N-ethyl adjacent to an activating group) is 1. The van der Waals surface area contributed by atoms with Gasteiger partial charge in [-0.3, -0.25) is 4.79 Å². The number of carbonyl (C=O) groups excluding carboxylic acids is 1. The first-order valence-corrected chi connectivity index (χ1v) is 6.19. The van der Waals surface area contributed by atoms with Crippen LogP contribution in [0, 0.1) is 0 Å². The topological polar surface area (TPSA) is 69.6 Å². The van der Waals surface area contributed by atoms with Crippen LogP contribution in [-0.4, -0.2) is 46.6 Å². The molecule has 0 unspecified atom stereocenters. The Hall–Kier alpha value is -1.10. The molecule has 1 amide bonds. The van der Waals surface area contributed by atoms with Crippen molar-refractivity contribution in [3.63, 3.8) is 0 Å². The highest BCUT2D eigenvalue weighted by Gasteiger charge is 2.39. The summed E-state index contributed by atoms with van der Waals surface area (Å²) in [7, 11) is 0. The highest BCUT2D eigenvalue weighted by atomic mass is 16.4. The monoisotopic (exact) mass is 242 g/mol. The van der Waals surface area contributed by atoms with Gasteiger partial charge in [0.25, 0.3) is 0 Å². The Bertz CT molecular complexity index is 296. The normalized spacial score (nSPS) is 21.0. The molecule has 2 N–H and O–H groups in total. The van der Waals surface area contributed by atoms with E-state index >= 15 is 0 Å². The number of carboxylic acids is 1. The summed E-state index contributed by atoms with van der Waals surface area (Å²) in [6, 6.07) is -0.220. The molecule has 0 spiro atoms. The van der Waals surface area contributed by atoms with Crippen molar-refractivity contribution in [2.45, 2.75) is 51.6 Å². The van der Waals surface area contributed by atoms with Crippen LogP contribution in [0.15, 0.2) is 0 Å². The van der Waals surface area contributed by atoms with E-state index in [9.17, 15) is 14.7 Å². The predicted molar refractivity (Wildman–Crippen MR) is 64.7 cm³/mol. The highest BCUT2D eigenvalue weighted by molar-refractivity contribution is 5.89. The Morgan fingerprint density at radius 1 is 1.41 bits per heavy atom. The molecule has 5 nitrogen and oxygen atoms in total. The second-order valence-electron chi connectivity index (χ2n) is 4.95. The van der Waals surface area contributed by atoms with E-state index in [1.54, 1.807) is 13.8 Å². The molecule has 1 aliphatic rings. The predicted octanol–water partition coefficient (Wildman–Crippen LogP) is 0.840. The Labute approximate surface area is 102 Å². The second-order valence-corrected chi connectivity index (χ2v) is 4.95. The minimum Gasteiger partial charge on any atom is -0.480 e. The molecule has 0 aromatic carbocycles. The molecule has 1 aliphatic heterocycles. The van der Waals surface area contributed by atoms with Crippen molar-refractivity contribution < 1.29 is 14.7 Å². The maximum absolute atomic E-state index is 12.3.